The molecule has 0 aliphatic rings. The highest BCUT2D eigenvalue weighted by Gasteiger charge is 2.13. The minimum absolute atomic E-state index is 0.00759. The van der Waals surface area contributed by atoms with Crippen LogP contribution >= 0.6 is 23.5 Å². The Balaban J connectivity index is 0.958. The summed E-state index contributed by atoms with van der Waals surface area (Å²) in [6.07, 6.45) is -1.40. The third kappa shape index (κ3) is 16.5. The summed E-state index contributed by atoms with van der Waals surface area (Å²) < 4.78 is 21.6. The van der Waals surface area contributed by atoms with Gasteiger partial charge in [0.25, 0.3) is 0 Å². The molecule has 0 aliphatic heterocycles. The van der Waals surface area contributed by atoms with Crippen molar-refractivity contribution in [2.75, 3.05) is 54.3 Å². The first-order valence-electron chi connectivity index (χ1n) is 16.8. The van der Waals surface area contributed by atoms with Crippen LogP contribution in [0, 0.1) is 0 Å². The molecule has 12 heteroatoms. The molecular formula is C39H46N2O8S2. The maximum Gasteiger partial charge on any atom is 0.306 e. The lowest BCUT2D eigenvalue weighted by molar-refractivity contribution is -0.147. The van der Waals surface area contributed by atoms with Crippen LogP contribution in [0.3, 0.4) is 0 Å². The van der Waals surface area contributed by atoms with Gasteiger partial charge in [-0.3, -0.25) is 9.59 Å². The number of rotatable bonds is 23. The van der Waals surface area contributed by atoms with Gasteiger partial charge in [0.1, 0.15) is 50.1 Å². The summed E-state index contributed by atoms with van der Waals surface area (Å²) in [6, 6.07) is 34.4. The number of esters is 2. The molecule has 0 saturated carbocycles. The zero-order chi connectivity index (χ0) is 36.1. The van der Waals surface area contributed by atoms with Gasteiger partial charge in [0.2, 0.25) is 0 Å². The van der Waals surface area contributed by atoms with Crippen molar-refractivity contribution >= 4 is 58.2 Å². The van der Waals surface area contributed by atoms with Gasteiger partial charge in [0, 0.05) is 45.3 Å². The number of benzene rings is 4. The van der Waals surface area contributed by atoms with E-state index in [0.29, 0.717) is 23.0 Å². The van der Waals surface area contributed by atoms with Crippen LogP contribution in [0.1, 0.15) is 19.8 Å². The lowest BCUT2D eigenvalue weighted by Crippen LogP contribution is -2.25. The number of carbonyl (C=O) groups excluding carboxylic acids is 2. The Bertz CT molecular complexity index is 1560. The largest absolute Gasteiger partial charge is 0.491 e. The first-order valence-corrected chi connectivity index (χ1v) is 19.0. The van der Waals surface area contributed by atoms with Crippen LogP contribution in [-0.2, 0) is 19.1 Å². The van der Waals surface area contributed by atoms with E-state index in [1.165, 1.54) is 0 Å². The zero-order valence-corrected chi connectivity index (χ0v) is 30.3. The predicted molar refractivity (Wildman–Crippen MR) is 206 cm³/mol. The molecule has 4 rings (SSSR count). The van der Waals surface area contributed by atoms with Crippen molar-refractivity contribution in [1.29, 1.82) is 0 Å². The molecule has 0 bridgehead atoms. The molecule has 0 fully saturated rings. The lowest BCUT2D eigenvalue weighted by Gasteiger charge is -2.14. The standard InChI is InChI=1S/C39H46N2O8S2/c1-29(51-23-21-39(45)49-27-35(43)25-47-37-18-14-33(15-19-37)41-31-10-6-3-7-11-31)28-50-22-20-38(44)48-26-34(42)24-46-36-16-12-32(13-17-36)40-30-8-4-2-5-9-30/h2-19,29,34-35,40-43H,20-28H2,1H3. The topological polar surface area (TPSA) is 136 Å². The summed E-state index contributed by atoms with van der Waals surface area (Å²) in [6.45, 7) is 1.81. The molecule has 0 heterocycles. The molecule has 0 amide bonds. The molecule has 10 nitrogen and oxygen atoms in total. The van der Waals surface area contributed by atoms with Crippen molar-refractivity contribution in [1.82, 2.24) is 0 Å². The highest BCUT2D eigenvalue weighted by Crippen LogP contribution is 2.22. The van der Waals surface area contributed by atoms with E-state index in [1.807, 2.05) is 109 Å². The van der Waals surface area contributed by atoms with E-state index >= 15 is 0 Å². The number of aliphatic hydroxyl groups excluding tert-OH is 2. The minimum atomic E-state index is -0.936. The Kier molecular flexibility index (Phi) is 17.4. The Labute approximate surface area is 308 Å². The summed E-state index contributed by atoms with van der Waals surface area (Å²) >= 11 is 3.27. The van der Waals surface area contributed by atoms with Crippen LogP contribution in [0.15, 0.2) is 109 Å². The van der Waals surface area contributed by atoms with Gasteiger partial charge < -0.3 is 39.8 Å². The van der Waals surface area contributed by atoms with Crippen LogP contribution in [0.4, 0.5) is 22.7 Å². The van der Waals surface area contributed by atoms with E-state index < -0.39 is 12.2 Å². The maximum atomic E-state index is 12.1. The number of aliphatic hydroxyl groups is 2. The van der Waals surface area contributed by atoms with Gasteiger partial charge in [-0.2, -0.15) is 23.5 Å². The van der Waals surface area contributed by atoms with Crippen LogP contribution in [0.5, 0.6) is 11.5 Å². The second-order valence-corrected chi connectivity index (χ2v) is 14.3. The molecule has 0 radical (unpaired) electrons. The Morgan fingerprint density at radius 3 is 1.45 bits per heavy atom. The minimum Gasteiger partial charge on any atom is -0.491 e. The molecule has 0 aromatic heterocycles. The monoisotopic (exact) mass is 734 g/mol. The number of ether oxygens (including phenoxy) is 4. The predicted octanol–water partition coefficient (Wildman–Crippen LogP) is 7.07. The normalized spacial score (nSPS) is 12.6. The molecule has 3 atom stereocenters. The van der Waals surface area contributed by atoms with Crippen LogP contribution in [-0.4, -0.2) is 83.3 Å². The average Bonchev–Trinajstić information content (AvgIpc) is 3.15. The molecular weight excluding hydrogens is 689 g/mol. The fourth-order valence-electron chi connectivity index (χ4n) is 4.45. The molecule has 4 N–H and O–H groups in total. The van der Waals surface area contributed by atoms with E-state index in [1.54, 1.807) is 23.5 Å². The van der Waals surface area contributed by atoms with Gasteiger partial charge in [0.15, 0.2) is 0 Å². The van der Waals surface area contributed by atoms with Crippen molar-refractivity contribution in [3.8, 4) is 11.5 Å². The van der Waals surface area contributed by atoms with Crippen LogP contribution < -0.4 is 20.1 Å². The number of hydrogen-bond donors (Lipinski definition) is 4. The van der Waals surface area contributed by atoms with Gasteiger partial charge in [-0.25, -0.2) is 0 Å². The van der Waals surface area contributed by atoms with Gasteiger partial charge in [-0.15, -0.1) is 0 Å². The van der Waals surface area contributed by atoms with E-state index in [0.717, 1.165) is 28.5 Å². The molecule has 3 unspecified atom stereocenters. The maximum absolute atomic E-state index is 12.1. The second-order valence-electron chi connectivity index (χ2n) is 11.6. The summed E-state index contributed by atoms with van der Waals surface area (Å²) in [5.74, 6) is 2.46. The fourth-order valence-corrected chi connectivity index (χ4v) is 6.62. The molecule has 0 aliphatic carbocycles. The molecule has 4 aromatic rings. The zero-order valence-electron chi connectivity index (χ0n) is 28.6. The molecule has 51 heavy (non-hydrogen) atoms. The highest BCUT2D eigenvalue weighted by atomic mass is 32.2. The van der Waals surface area contributed by atoms with Gasteiger partial charge >= 0.3 is 11.9 Å². The van der Waals surface area contributed by atoms with Gasteiger partial charge in [-0.1, -0.05) is 43.3 Å². The number of para-hydroxylation sites is 2. The Morgan fingerprint density at radius 1 is 0.588 bits per heavy atom. The van der Waals surface area contributed by atoms with Gasteiger partial charge in [-0.05, 0) is 72.8 Å². The number of hydrogen-bond acceptors (Lipinski definition) is 12. The van der Waals surface area contributed by atoms with Crippen LogP contribution in [0.2, 0.25) is 0 Å². The van der Waals surface area contributed by atoms with Crippen molar-refractivity contribution in [3.05, 3.63) is 109 Å². The molecule has 4 aromatic carbocycles. The van der Waals surface area contributed by atoms with Crippen LogP contribution in [0.25, 0.3) is 0 Å². The average molecular weight is 735 g/mol. The quantitative estimate of drug-likeness (QED) is 0.0458. The van der Waals surface area contributed by atoms with Crippen molar-refractivity contribution in [3.63, 3.8) is 0 Å². The SMILES string of the molecule is CC(CSCCC(=O)OCC(O)COc1ccc(Nc2ccccc2)cc1)SCCC(=O)OCC(O)COc1ccc(Nc2ccccc2)cc1. The molecule has 0 spiro atoms. The number of carbonyl (C=O) groups is 2. The van der Waals surface area contributed by atoms with Crippen molar-refractivity contribution in [2.45, 2.75) is 37.2 Å². The third-order valence-electron chi connectivity index (χ3n) is 7.10. The van der Waals surface area contributed by atoms with Crippen molar-refractivity contribution in [2.24, 2.45) is 0 Å². The Hall–Kier alpha value is -4.36. The van der Waals surface area contributed by atoms with E-state index in [9.17, 15) is 19.8 Å². The fraction of sp³-hybridized carbons (Fsp3) is 0.333. The smallest absolute Gasteiger partial charge is 0.306 e. The summed E-state index contributed by atoms with van der Waals surface area (Å²) in [5.41, 5.74) is 3.80. The van der Waals surface area contributed by atoms with E-state index in [4.69, 9.17) is 18.9 Å². The summed E-state index contributed by atoms with van der Waals surface area (Å²) in [4.78, 5) is 24.3. The number of thioether (sulfide) groups is 2. The number of nitrogens with one attached hydrogen (secondary N) is 2. The van der Waals surface area contributed by atoms with Crippen molar-refractivity contribution < 1.29 is 38.7 Å². The second kappa shape index (κ2) is 22.5. The first kappa shape index (κ1) is 39.4. The molecule has 0 saturated heterocycles. The number of anilines is 4. The highest BCUT2D eigenvalue weighted by molar-refractivity contribution is 8.03. The lowest BCUT2D eigenvalue weighted by atomic mass is 10.2. The summed E-state index contributed by atoms with van der Waals surface area (Å²) in [7, 11) is 0. The van der Waals surface area contributed by atoms with E-state index in [-0.39, 0.29) is 56.5 Å². The first-order chi connectivity index (χ1) is 24.8. The molecule has 272 valence electrons. The van der Waals surface area contributed by atoms with Gasteiger partial charge in [0.05, 0.1) is 12.8 Å². The third-order valence-corrected chi connectivity index (χ3v) is 9.72. The Morgan fingerprint density at radius 2 is 1.00 bits per heavy atom. The summed E-state index contributed by atoms with van der Waals surface area (Å²) in [5, 5.41) is 27.2. The van der Waals surface area contributed by atoms with E-state index in [2.05, 4.69) is 17.6 Å².